The lowest BCUT2D eigenvalue weighted by Gasteiger charge is -2.18. The van der Waals surface area contributed by atoms with Crippen LogP contribution in [-0.4, -0.2) is 14.2 Å². The minimum Gasteiger partial charge on any atom is -0.495 e. The molecule has 2 nitrogen and oxygen atoms in total. The monoisotopic (exact) mass is 476 g/mol. The predicted octanol–water partition coefficient (Wildman–Crippen LogP) is 6.02. The molecule has 0 fully saturated rings. The van der Waals surface area contributed by atoms with Gasteiger partial charge in [-0.25, -0.2) is 0 Å². The van der Waals surface area contributed by atoms with Crippen molar-refractivity contribution in [3.63, 3.8) is 0 Å². The van der Waals surface area contributed by atoms with Gasteiger partial charge in [0.2, 0.25) is 0 Å². The predicted molar refractivity (Wildman–Crippen MR) is 96.9 cm³/mol. The van der Waals surface area contributed by atoms with Gasteiger partial charge in [-0.2, -0.15) is 0 Å². The Bertz CT molecular complexity index is 656. The molecular formula is C16H15Br3O2. The molecule has 0 heterocycles. The van der Waals surface area contributed by atoms with E-state index in [0.29, 0.717) is 0 Å². The molecule has 0 spiro atoms. The summed E-state index contributed by atoms with van der Waals surface area (Å²) in [6, 6.07) is 10.3. The molecule has 2 aromatic rings. The second kappa shape index (κ2) is 7.16. The molecule has 0 aliphatic rings. The standard InChI is InChI=1S/C16H15Br3O2/c1-9-4-5-10(8-12(9)17)14(18)11-6-7-13(20-2)15(19)16(11)21-3/h4-8,14H,1-3H3. The van der Waals surface area contributed by atoms with Gasteiger partial charge in [0.1, 0.15) is 16.0 Å². The van der Waals surface area contributed by atoms with Crippen LogP contribution in [0, 0.1) is 6.92 Å². The van der Waals surface area contributed by atoms with Crippen LogP contribution in [0.1, 0.15) is 21.5 Å². The van der Waals surface area contributed by atoms with Crippen molar-refractivity contribution in [2.24, 2.45) is 0 Å². The van der Waals surface area contributed by atoms with E-state index in [1.807, 2.05) is 12.1 Å². The number of ether oxygens (including phenoxy) is 2. The van der Waals surface area contributed by atoms with E-state index in [4.69, 9.17) is 9.47 Å². The van der Waals surface area contributed by atoms with Crippen LogP contribution in [0.2, 0.25) is 0 Å². The van der Waals surface area contributed by atoms with E-state index < -0.39 is 0 Å². The average Bonchev–Trinajstić information content (AvgIpc) is 2.49. The largest absolute Gasteiger partial charge is 0.495 e. The van der Waals surface area contributed by atoms with Crippen LogP contribution in [0.25, 0.3) is 0 Å². The molecule has 0 amide bonds. The zero-order chi connectivity index (χ0) is 15.6. The highest BCUT2D eigenvalue weighted by Crippen LogP contribution is 2.44. The third kappa shape index (κ3) is 3.46. The highest BCUT2D eigenvalue weighted by Gasteiger charge is 2.20. The minimum atomic E-state index is 0.0338. The Morgan fingerprint density at radius 3 is 2.29 bits per heavy atom. The summed E-state index contributed by atoms with van der Waals surface area (Å²) < 4.78 is 12.8. The molecule has 0 saturated heterocycles. The van der Waals surface area contributed by atoms with Gasteiger partial charge in [0.25, 0.3) is 0 Å². The summed E-state index contributed by atoms with van der Waals surface area (Å²) in [5.74, 6) is 1.52. The van der Waals surface area contributed by atoms with E-state index >= 15 is 0 Å². The Hall–Kier alpha value is -0.520. The number of aryl methyl sites for hydroxylation is 1. The Labute approximate surface area is 150 Å². The summed E-state index contributed by atoms with van der Waals surface area (Å²) in [6.45, 7) is 2.07. The molecule has 21 heavy (non-hydrogen) atoms. The number of halogens is 3. The first-order valence-corrected chi connectivity index (χ1v) is 8.80. The van der Waals surface area contributed by atoms with E-state index in [9.17, 15) is 0 Å². The number of methoxy groups -OCH3 is 2. The van der Waals surface area contributed by atoms with Gasteiger partial charge in [-0.05, 0) is 46.1 Å². The van der Waals surface area contributed by atoms with Gasteiger partial charge in [-0.1, -0.05) is 50.1 Å². The number of hydrogen-bond donors (Lipinski definition) is 0. The summed E-state index contributed by atoms with van der Waals surface area (Å²) >= 11 is 10.9. The molecule has 0 N–H and O–H groups in total. The molecule has 0 saturated carbocycles. The highest BCUT2D eigenvalue weighted by atomic mass is 79.9. The molecular weight excluding hydrogens is 464 g/mol. The smallest absolute Gasteiger partial charge is 0.141 e. The van der Waals surface area contributed by atoms with Crippen molar-refractivity contribution in [1.29, 1.82) is 0 Å². The highest BCUT2D eigenvalue weighted by molar-refractivity contribution is 9.11. The Morgan fingerprint density at radius 2 is 1.71 bits per heavy atom. The Balaban J connectivity index is 2.50. The zero-order valence-corrected chi connectivity index (χ0v) is 16.7. The van der Waals surface area contributed by atoms with Crippen LogP contribution < -0.4 is 9.47 Å². The normalized spacial score (nSPS) is 12.1. The molecule has 112 valence electrons. The fourth-order valence-corrected chi connectivity index (χ4v) is 3.79. The first kappa shape index (κ1) is 16.8. The van der Waals surface area contributed by atoms with Gasteiger partial charge in [-0.3, -0.25) is 0 Å². The first-order valence-electron chi connectivity index (χ1n) is 6.30. The Morgan fingerprint density at radius 1 is 1.00 bits per heavy atom. The lowest BCUT2D eigenvalue weighted by molar-refractivity contribution is 0.386. The van der Waals surface area contributed by atoms with E-state index in [-0.39, 0.29) is 4.83 Å². The average molecular weight is 479 g/mol. The number of hydrogen-bond acceptors (Lipinski definition) is 2. The second-order valence-corrected chi connectivity index (χ2v) is 7.14. The summed E-state index contributed by atoms with van der Waals surface area (Å²) in [6.07, 6.45) is 0. The molecule has 1 atom stereocenters. The van der Waals surface area contributed by atoms with Crippen molar-refractivity contribution in [3.05, 3.63) is 56.0 Å². The van der Waals surface area contributed by atoms with Crippen molar-refractivity contribution in [3.8, 4) is 11.5 Å². The van der Waals surface area contributed by atoms with E-state index in [0.717, 1.165) is 31.6 Å². The van der Waals surface area contributed by atoms with Gasteiger partial charge in [0.05, 0.1) is 19.0 Å². The van der Waals surface area contributed by atoms with Crippen molar-refractivity contribution in [2.75, 3.05) is 14.2 Å². The quantitative estimate of drug-likeness (QED) is 0.500. The van der Waals surface area contributed by atoms with Crippen molar-refractivity contribution in [1.82, 2.24) is 0 Å². The van der Waals surface area contributed by atoms with E-state index in [1.54, 1.807) is 14.2 Å². The molecule has 0 bridgehead atoms. The molecule has 1 unspecified atom stereocenters. The lowest BCUT2D eigenvalue weighted by Crippen LogP contribution is -1.99. The summed E-state index contributed by atoms with van der Waals surface area (Å²) in [5.41, 5.74) is 3.41. The third-order valence-electron chi connectivity index (χ3n) is 3.28. The van der Waals surface area contributed by atoms with E-state index in [1.165, 1.54) is 5.56 Å². The SMILES string of the molecule is COc1ccc(C(Br)c2ccc(C)c(Br)c2)c(OC)c1Br. The molecule has 5 heteroatoms. The summed E-state index contributed by atoms with van der Waals surface area (Å²) in [4.78, 5) is 0.0338. The van der Waals surface area contributed by atoms with Gasteiger partial charge in [0, 0.05) is 10.0 Å². The maximum absolute atomic E-state index is 5.55. The number of benzene rings is 2. The fourth-order valence-electron chi connectivity index (χ4n) is 2.06. The molecule has 0 aliphatic carbocycles. The second-order valence-electron chi connectivity index (χ2n) is 4.58. The van der Waals surface area contributed by atoms with Crippen molar-refractivity contribution < 1.29 is 9.47 Å². The van der Waals surface area contributed by atoms with Crippen LogP contribution in [0.5, 0.6) is 11.5 Å². The minimum absolute atomic E-state index is 0.0338. The van der Waals surface area contributed by atoms with Crippen LogP contribution in [0.15, 0.2) is 39.3 Å². The van der Waals surface area contributed by atoms with Crippen molar-refractivity contribution in [2.45, 2.75) is 11.8 Å². The van der Waals surface area contributed by atoms with Crippen LogP contribution in [0.3, 0.4) is 0 Å². The van der Waals surface area contributed by atoms with Crippen molar-refractivity contribution >= 4 is 47.8 Å². The van der Waals surface area contributed by atoms with Gasteiger partial charge in [-0.15, -0.1) is 0 Å². The molecule has 0 radical (unpaired) electrons. The van der Waals surface area contributed by atoms with Gasteiger partial charge >= 0.3 is 0 Å². The van der Waals surface area contributed by atoms with Crippen LogP contribution in [0.4, 0.5) is 0 Å². The lowest BCUT2D eigenvalue weighted by atomic mass is 10.0. The third-order valence-corrected chi connectivity index (χ3v) is 5.90. The summed E-state index contributed by atoms with van der Waals surface area (Å²) in [7, 11) is 3.30. The van der Waals surface area contributed by atoms with Crippen LogP contribution >= 0.6 is 47.8 Å². The fraction of sp³-hybridized carbons (Fsp3) is 0.250. The number of rotatable bonds is 4. The number of alkyl halides is 1. The molecule has 2 rings (SSSR count). The van der Waals surface area contributed by atoms with Gasteiger partial charge in [0.15, 0.2) is 0 Å². The first-order chi connectivity index (χ1) is 9.99. The van der Waals surface area contributed by atoms with Crippen LogP contribution in [-0.2, 0) is 0 Å². The Kier molecular flexibility index (Phi) is 5.74. The maximum atomic E-state index is 5.55. The molecule has 0 aliphatic heterocycles. The topological polar surface area (TPSA) is 18.5 Å². The zero-order valence-electron chi connectivity index (χ0n) is 11.9. The van der Waals surface area contributed by atoms with E-state index in [2.05, 4.69) is 72.9 Å². The van der Waals surface area contributed by atoms with Gasteiger partial charge < -0.3 is 9.47 Å². The molecule has 2 aromatic carbocycles. The maximum Gasteiger partial charge on any atom is 0.141 e. The summed E-state index contributed by atoms with van der Waals surface area (Å²) in [5, 5.41) is 0. The molecule has 0 aromatic heterocycles.